The molecule has 0 aliphatic carbocycles. The maximum Gasteiger partial charge on any atom is 0.253 e. The molecule has 0 saturated carbocycles. The van der Waals surface area contributed by atoms with Gasteiger partial charge in [-0.25, -0.2) is 0 Å². The Bertz CT molecular complexity index is 353. The molecule has 0 spiro atoms. The highest BCUT2D eigenvalue weighted by Crippen LogP contribution is 2.07. The van der Waals surface area contributed by atoms with Crippen LogP contribution in [0.25, 0.3) is 0 Å². The molecule has 0 atom stereocenters. The van der Waals surface area contributed by atoms with Crippen molar-refractivity contribution in [1.29, 1.82) is 0 Å². The van der Waals surface area contributed by atoms with E-state index in [9.17, 15) is 4.79 Å². The van der Waals surface area contributed by atoms with E-state index in [1.165, 1.54) is 4.90 Å². The highest BCUT2D eigenvalue weighted by molar-refractivity contribution is 5.94. The summed E-state index contributed by atoms with van der Waals surface area (Å²) in [4.78, 5) is 13.4. The SMILES string of the molecule is CNCc1cccc(C(=O)N(C)CCO)c1. The Hall–Kier alpha value is -1.39. The minimum Gasteiger partial charge on any atom is -0.395 e. The summed E-state index contributed by atoms with van der Waals surface area (Å²) >= 11 is 0. The first-order chi connectivity index (χ1) is 7.69. The largest absolute Gasteiger partial charge is 0.395 e. The van der Waals surface area contributed by atoms with Gasteiger partial charge in [0.15, 0.2) is 0 Å². The highest BCUT2D eigenvalue weighted by atomic mass is 16.3. The number of aliphatic hydroxyl groups is 1. The summed E-state index contributed by atoms with van der Waals surface area (Å²) in [7, 11) is 3.55. The molecule has 88 valence electrons. The number of nitrogens with one attached hydrogen (secondary N) is 1. The lowest BCUT2D eigenvalue weighted by Gasteiger charge is -2.16. The quantitative estimate of drug-likeness (QED) is 0.761. The molecule has 0 aromatic heterocycles. The summed E-state index contributed by atoms with van der Waals surface area (Å²) in [6, 6.07) is 7.49. The number of likely N-dealkylation sites (N-methyl/N-ethyl adjacent to an activating group) is 1. The van der Waals surface area contributed by atoms with Crippen molar-refractivity contribution in [3.63, 3.8) is 0 Å². The number of carbonyl (C=O) groups is 1. The van der Waals surface area contributed by atoms with Gasteiger partial charge in [-0.2, -0.15) is 0 Å². The standard InChI is InChI=1S/C12H18N2O2/c1-13-9-10-4-3-5-11(8-10)12(16)14(2)6-7-15/h3-5,8,13,15H,6-7,9H2,1-2H3. The fraction of sp³-hybridized carbons (Fsp3) is 0.417. The van der Waals surface area contributed by atoms with Crippen LogP contribution in [0.1, 0.15) is 15.9 Å². The molecule has 4 nitrogen and oxygen atoms in total. The second-order valence-corrected chi connectivity index (χ2v) is 3.68. The number of nitrogens with zero attached hydrogens (tertiary/aromatic N) is 1. The second-order valence-electron chi connectivity index (χ2n) is 3.68. The predicted octanol–water partition coefficient (Wildman–Crippen LogP) is 0.470. The first kappa shape index (κ1) is 12.7. The van der Waals surface area contributed by atoms with Gasteiger partial charge in [-0.1, -0.05) is 12.1 Å². The molecule has 0 bridgehead atoms. The van der Waals surface area contributed by atoms with Gasteiger partial charge in [-0.15, -0.1) is 0 Å². The topological polar surface area (TPSA) is 52.6 Å². The van der Waals surface area contributed by atoms with E-state index in [4.69, 9.17) is 5.11 Å². The van der Waals surface area contributed by atoms with E-state index in [-0.39, 0.29) is 12.5 Å². The molecule has 0 aliphatic rings. The third kappa shape index (κ3) is 3.32. The summed E-state index contributed by atoms with van der Waals surface area (Å²) < 4.78 is 0. The van der Waals surface area contributed by atoms with Gasteiger partial charge < -0.3 is 15.3 Å². The molecule has 2 N–H and O–H groups in total. The zero-order valence-electron chi connectivity index (χ0n) is 9.73. The Kier molecular flexibility index (Phi) is 4.95. The predicted molar refractivity (Wildman–Crippen MR) is 63.3 cm³/mol. The summed E-state index contributed by atoms with van der Waals surface area (Å²) in [5.41, 5.74) is 1.73. The number of rotatable bonds is 5. The van der Waals surface area contributed by atoms with Crippen molar-refractivity contribution in [2.45, 2.75) is 6.54 Å². The molecule has 0 unspecified atom stereocenters. The van der Waals surface area contributed by atoms with E-state index in [1.54, 1.807) is 13.1 Å². The van der Waals surface area contributed by atoms with Crippen LogP contribution >= 0.6 is 0 Å². The van der Waals surface area contributed by atoms with Crippen LogP contribution < -0.4 is 5.32 Å². The smallest absolute Gasteiger partial charge is 0.253 e. The molecule has 0 aliphatic heterocycles. The molecule has 4 heteroatoms. The van der Waals surface area contributed by atoms with Gasteiger partial charge in [0.1, 0.15) is 0 Å². The number of aliphatic hydroxyl groups excluding tert-OH is 1. The minimum absolute atomic E-state index is 0.0154. The van der Waals surface area contributed by atoms with E-state index in [0.717, 1.165) is 12.1 Å². The van der Waals surface area contributed by atoms with Crippen LogP contribution in [0.4, 0.5) is 0 Å². The lowest BCUT2D eigenvalue weighted by atomic mass is 10.1. The Morgan fingerprint density at radius 1 is 1.50 bits per heavy atom. The van der Waals surface area contributed by atoms with Gasteiger partial charge in [-0.3, -0.25) is 4.79 Å². The monoisotopic (exact) mass is 222 g/mol. The van der Waals surface area contributed by atoms with Crippen molar-refractivity contribution in [2.24, 2.45) is 0 Å². The Morgan fingerprint density at radius 2 is 2.25 bits per heavy atom. The van der Waals surface area contributed by atoms with Crippen LogP contribution in [0, 0.1) is 0 Å². The molecule has 0 heterocycles. The molecule has 0 saturated heterocycles. The normalized spacial score (nSPS) is 10.2. The minimum atomic E-state index is -0.0630. The van der Waals surface area contributed by atoms with Crippen molar-refractivity contribution in [3.8, 4) is 0 Å². The molecular formula is C12H18N2O2. The fourth-order valence-corrected chi connectivity index (χ4v) is 1.49. The Morgan fingerprint density at radius 3 is 2.88 bits per heavy atom. The fourth-order valence-electron chi connectivity index (χ4n) is 1.49. The molecule has 1 amide bonds. The van der Waals surface area contributed by atoms with Crippen LogP contribution in [0.15, 0.2) is 24.3 Å². The Balaban J connectivity index is 2.78. The lowest BCUT2D eigenvalue weighted by Crippen LogP contribution is -2.29. The number of benzene rings is 1. The molecular weight excluding hydrogens is 204 g/mol. The van der Waals surface area contributed by atoms with Crippen LogP contribution in [0.2, 0.25) is 0 Å². The van der Waals surface area contributed by atoms with Crippen molar-refractivity contribution in [2.75, 3.05) is 27.2 Å². The van der Waals surface area contributed by atoms with E-state index in [2.05, 4.69) is 5.32 Å². The zero-order valence-corrected chi connectivity index (χ0v) is 9.73. The molecule has 1 rings (SSSR count). The van der Waals surface area contributed by atoms with Gasteiger partial charge in [0, 0.05) is 25.7 Å². The van der Waals surface area contributed by atoms with E-state index in [1.807, 2.05) is 25.2 Å². The van der Waals surface area contributed by atoms with E-state index in [0.29, 0.717) is 12.1 Å². The van der Waals surface area contributed by atoms with Crippen LogP contribution in [0.3, 0.4) is 0 Å². The lowest BCUT2D eigenvalue weighted by molar-refractivity contribution is 0.0767. The molecule has 0 fully saturated rings. The summed E-state index contributed by atoms with van der Waals surface area (Å²) in [6.45, 7) is 1.08. The average molecular weight is 222 g/mol. The van der Waals surface area contributed by atoms with Crippen LogP contribution in [-0.4, -0.2) is 43.2 Å². The van der Waals surface area contributed by atoms with Gasteiger partial charge in [-0.05, 0) is 24.7 Å². The van der Waals surface area contributed by atoms with E-state index >= 15 is 0 Å². The number of amides is 1. The third-order valence-corrected chi connectivity index (χ3v) is 2.34. The maximum atomic E-state index is 11.9. The summed E-state index contributed by atoms with van der Waals surface area (Å²) in [5, 5.41) is 11.8. The van der Waals surface area contributed by atoms with Crippen LogP contribution in [0.5, 0.6) is 0 Å². The second kappa shape index (κ2) is 6.25. The Labute approximate surface area is 95.9 Å². The van der Waals surface area contributed by atoms with Gasteiger partial charge in [0.05, 0.1) is 6.61 Å². The van der Waals surface area contributed by atoms with Crippen molar-refractivity contribution in [3.05, 3.63) is 35.4 Å². The van der Waals surface area contributed by atoms with Crippen molar-refractivity contribution < 1.29 is 9.90 Å². The first-order valence-corrected chi connectivity index (χ1v) is 5.29. The highest BCUT2D eigenvalue weighted by Gasteiger charge is 2.10. The maximum absolute atomic E-state index is 11.9. The average Bonchev–Trinajstić information content (AvgIpc) is 2.29. The van der Waals surface area contributed by atoms with Crippen molar-refractivity contribution in [1.82, 2.24) is 10.2 Å². The van der Waals surface area contributed by atoms with E-state index < -0.39 is 0 Å². The number of hydrogen-bond acceptors (Lipinski definition) is 3. The van der Waals surface area contributed by atoms with Crippen molar-refractivity contribution >= 4 is 5.91 Å². The molecule has 0 radical (unpaired) electrons. The number of carbonyl (C=O) groups excluding carboxylic acids is 1. The van der Waals surface area contributed by atoms with Gasteiger partial charge in [0.2, 0.25) is 0 Å². The first-order valence-electron chi connectivity index (χ1n) is 5.29. The van der Waals surface area contributed by atoms with Crippen LogP contribution in [-0.2, 0) is 6.54 Å². The molecule has 1 aromatic carbocycles. The molecule has 16 heavy (non-hydrogen) atoms. The summed E-state index contributed by atoms with van der Waals surface area (Å²) in [6.07, 6.45) is 0. The number of hydrogen-bond donors (Lipinski definition) is 2. The third-order valence-electron chi connectivity index (χ3n) is 2.34. The summed E-state index contributed by atoms with van der Waals surface area (Å²) in [5.74, 6) is -0.0630. The van der Waals surface area contributed by atoms with Gasteiger partial charge >= 0.3 is 0 Å². The zero-order chi connectivity index (χ0) is 12.0. The molecule has 1 aromatic rings. The van der Waals surface area contributed by atoms with Gasteiger partial charge in [0.25, 0.3) is 5.91 Å².